The van der Waals surface area contributed by atoms with Gasteiger partial charge in [0, 0.05) is 22.6 Å². The van der Waals surface area contributed by atoms with Crippen molar-refractivity contribution in [3.63, 3.8) is 0 Å². The van der Waals surface area contributed by atoms with E-state index in [1.165, 1.54) is 47.6 Å². The van der Waals surface area contributed by atoms with Crippen molar-refractivity contribution in [2.75, 3.05) is 7.11 Å². The number of amides is 1. The van der Waals surface area contributed by atoms with Crippen molar-refractivity contribution in [3.05, 3.63) is 97.7 Å². The van der Waals surface area contributed by atoms with Gasteiger partial charge in [0.05, 0.1) is 30.2 Å². The summed E-state index contributed by atoms with van der Waals surface area (Å²) in [5.74, 6) is -1.39. The number of methoxy groups -OCH3 is 1. The molecule has 32 heavy (non-hydrogen) atoms. The summed E-state index contributed by atoms with van der Waals surface area (Å²) in [6.07, 6.45) is 0. The summed E-state index contributed by atoms with van der Waals surface area (Å²) >= 11 is 1.46. The van der Waals surface area contributed by atoms with E-state index in [2.05, 4.69) is 0 Å². The third-order valence-corrected chi connectivity index (χ3v) is 6.07. The van der Waals surface area contributed by atoms with Gasteiger partial charge in [-0.1, -0.05) is 18.2 Å². The Bertz CT molecular complexity index is 1220. The van der Waals surface area contributed by atoms with Crippen LogP contribution in [-0.2, 0) is 16.1 Å². The van der Waals surface area contributed by atoms with Gasteiger partial charge in [-0.05, 0) is 41.3 Å². The molecule has 0 radical (unpaired) electrons. The van der Waals surface area contributed by atoms with Crippen LogP contribution in [-0.4, -0.2) is 33.7 Å². The smallest absolute Gasteiger partial charge is 0.295 e. The van der Waals surface area contributed by atoms with E-state index in [0.717, 1.165) is 4.88 Å². The maximum Gasteiger partial charge on any atom is 0.295 e. The van der Waals surface area contributed by atoms with Gasteiger partial charge in [-0.2, -0.15) is 0 Å². The lowest BCUT2D eigenvalue weighted by Crippen LogP contribution is -2.28. The number of ether oxygens (including phenoxy) is 1. The van der Waals surface area contributed by atoms with Crippen molar-refractivity contribution in [1.82, 2.24) is 4.90 Å². The molecule has 4 rings (SSSR count). The lowest BCUT2D eigenvalue weighted by atomic mass is 9.95. The largest absolute Gasteiger partial charge is 0.507 e. The zero-order valence-electron chi connectivity index (χ0n) is 16.9. The molecule has 1 atom stereocenters. The number of carbonyl (C=O) groups excluding carboxylic acids is 2. The van der Waals surface area contributed by atoms with E-state index < -0.39 is 22.7 Å². The van der Waals surface area contributed by atoms with E-state index in [1.54, 1.807) is 24.3 Å². The minimum absolute atomic E-state index is 0.0753. The Hall–Kier alpha value is -3.98. The fourth-order valence-electron chi connectivity index (χ4n) is 3.67. The van der Waals surface area contributed by atoms with Crippen LogP contribution in [0, 0.1) is 10.1 Å². The second kappa shape index (κ2) is 8.64. The number of nitro groups is 1. The molecule has 0 spiro atoms. The Morgan fingerprint density at radius 2 is 1.91 bits per heavy atom. The monoisotopic (exact) mass is 450 g/mol. The van der Waals surface area contributed by atoms with Crippen LogP contribution < -0.4 is 4.74 Å². The van der Waals surface area contributed by atoms with Crippen molar-refractivity contribution in [2.45, 2.75) is 12.6 Å². The third-order valence-electron chi connectivity index (χ3n) is 5.21. The molecule has 1 amide bonds. The first kappa shape index (κ1) is 21.3. The Labute approximate surface area is 187 Å². The molecule has 1 fully saturated rings. The molecular formula is C23H18N2O6S. The van der Waals surface area contributed by atoms with Crippen LogP contribution in [0.1, 0.15) is 22.0 Å². The van der Waals surface area contributed by atoms with E-state index in [0.29, 0.717) is 11.3 Å². The van der Waals surface area contributed by atoms with Crippen LogP contribution >= 0.6 is 11.3 Å². The molecule has 2 aromatic carbocycles. The van der Waals surface area contributed by atoms with E-state index >= 15 is 0 Å². The predicted molar refractivity (Wildman–Crippen MR) is 118 cm³/mol. The van der Waals surface area contributed by atoms with E-state index in [9.17, 15) is 24.8 Å². The number of ketones is 1. The van der Waals surface area contributed by atoms with Crippen molar-refractivity contribution >= 4 is 34.5 Å². The molecule has 0 aliphatic carbocycles. The molecule has 9 heteroatoms. The van der Waals surface area contributed by atoms with Crippen molar-refractivity contribution < 1.29 is 24.4 Å². The number of nitrogens with zero attached hydrogens (tertiary/aromatic N) is 2. The van der Waals surface area contributed by atoms with Gasteiger partial charge in [-0.15, -0.1) is 11.3 Å². The van der Waals surface area contributed by atoms with Gasteiger partial charge in [0.15, 0.2) is 0 Å². The Kier molecular flexibility index (Phi) is 5.74. The van der Waals surface area contributed by atoms with Crippen LogP contribution in [0.4, 0.5) is 5.69 Å². The zero-order chi connectivity index (χ0) is 22.8. The lowest BCUT2D eigenvalue weighted by Gasteiger charge is -2.25. The molecular weight excluding hydrogens is 432 g/mol. The fraction of sp³-hybridized carbons (Fsp3) is 0.130. The average Bonchev–Trinajstić information content (AvgIpc) is 3.41. The number of hydrogen-bond donors (Lipinski definition) is 1. The van der Waals surface area contributed by atoms with Gasteiger partial charge < -0.3 is 14.7 Å². The molecule has 1 aliphatic heterocycles. The van der Waals surface area contributed by atoms with Crippen LogP contribution in [0.2, 0.25) is 0 Å². The zero-order valence-corrected chi connectivity index (χ0v) is 17.7. The average molecular weight is 450 g/mol. The maximum atomic E-state index is 13.0. The first-order valence-electron chi connectivity index (χ1n) is 9.60. The quantitative estimate of drug-likeness (QED) is 0.197. The normalized spacial score (nSPS) is 17.5. The van der Waals surface area contributed by atoms with Crippen LogP contribution in [0.15, 0.2) is 71.6 Å². The standard InChI is InChI=1S/C23H18N2O6S/c1-31-17-5-2-4-15(12-17)20-19(21(26)14-7-9-16(10-8-14)25(29)30)22(27)23(28)24(20)13-18-6-3-11-32-18/h2-12,20,26H,13H2,1H3/b21-19-. The summed E-state index contributed by atoms with van der Waals surface area (Å²) < 4.78 is 5.30. The number of likely N-dealkylation sites (tertiary alicyclic amines) is 1. The minimum Gasteiger partial charge on any atom is -0.507 e. The first-order valence-corrected chi connectivity index (χ1v) is 10.5. The SMILES string of the molecule is COc1cccc(C2/C(=C(/O)c3ccc([N+](=O)[O-])cc3)C(=O)C(=O)N2Cc2cccs2)c1. The van der Waals surface area contributed by atoms with E-state index in [1.807, 2.05) is 17.5 Å². The van der Waals surface area contributed by atoms with Gasteiger partial charge >= 0.3 is 0 Å². The van der Waals surface area contributed by atoms with Crippen LogP contribution in [0.25, 0.3) is 5.76 Å². The highest BCUT2D eigenvalue weighted by Crippen LogP contribution is 2.41. The number of carbonyl (C=O) groups is 2. The molecule has 0 bridgehead atoms. The topological polar surface area (TPSA) is 110 Å². The maximum absolute atomic E-state index is 13.0. The Morgan fingerprint density at radius 1 is 1.16 bits per heavy atom. The van der Waals surface area contributed by atoms with Gasteiger partial charge in [0.2, 0.25) is 0 Å². The van der Waals surface area contributed by atoms with Gasteiger partial charge in [-0.25, -0.2) is 0 Å². The number of aliphatic hydroxyl groups is 1. The van der Waals surface area contributed by atoms with Crippen molar-refractivity contribution in [2.24, 2.45) is 0 Å². The summed E-state index contributed by atoms with van der Waals surface area (Å²) in [6, 6.07) is 15.0. The molecule has 3 aromatic rings. The molecule has 1 aliphatic rings. The van der Waals surface area contributed by atoms with E-state index in [4.69, 9.17) is 4.74 Å². The number of non-ortho nitro benzene ring substituents is 1. The Balaban J connectivity index is 1.85. The number of aliphatic hydroxyl groups excluding tert-OH is 1. The molecule has 1 unspecified atom stereocenters. The predicted octanol–water partition coefficient (Wildman–Crippen LogP) is 4.29. The lowest BCUT2D eigenvalue weighted by molar-refractivity contribution is -0.384. The number of nitro benzene ring substituents is 1. The number of benzene rings is 2. The number of rotatable bonds is 6. The van der Waals surface area contributed by atoms with E-state index in [-0.39, 0.29) is 29.1 Å². The summed E-state index contributed by atoms with van der Waals surface area (Å²) in [4.78, 5) is 38.7. The molecule has 2 heterocycles. The second-order valence-electron chi connectivity index (χ2n) is 7.09. The summed E-state index contributed by atoms with van der Waals surface area (Å²) in [5.41, 5.74) is 0.582. The highest BCUT2D eigenvalue weighted by atomic mass is 32.1. The summed E-state index contributed by atoms with van der Waals surface area (Å²) in [6.45, 7) is 0.196. The highest BCUT2D eigenvalue weighted by Gasteiger charge is 2.46. The van der Waals surface area contributed by atoms with Gasteiger partial charge in [0.1, 0.15) is 11.5 Å². The molecule has 1 saturated heterocycles. The molecule has 1 aromatic heterocycles. The number of hydrogen-bond acceptors (Lipinski definition) is 7. The molecule has 0 saturated carbocycles. The minimum atomic E-state index is -0.845. The van der Waals surface area contributed by atoms with Gasteiger partial charge in [0.25, 0.3) is 17.4 Å². The Morgan fingerprint density at radius 3 is 2.53 bits per heavy atom. The summed E-state index contributed by atoms with van der Waals surface area (Å²) in [5, 5.41) is 23.8. The number of thiophene rings is 1. The molecule has 162 valence electrons. The van der Waals surface area contributed by atoms with Crippen molar-refractivity contribution in [1.29, 1.82) is 0 Å². The van der Waals surface area contributed by atoms with Crippen LogP contribution in [0.5, 0.6) is 5.75 Å². The molecule has 1 N–H and O–H groups in total. The third kappa shape index (κ3) is 3.85. The number of Topliss-reactive ketones (excluding diaryl/α,β-unsaturated/α-hetero) is 1. The highest BCUT2D eigenvalue weighted by molar-refractivity contribution is 7.09. The van der Waals surface area contributed by atoms with Crippen LogP contribution in [0.3, 0.4) is 0 Å². The second-order valence-corrected chi connectivity index (χ2v) is 8.12. The summed E-state index contributed by atoms with van der Waals surface area (Å²) in [7, 11) is 1.51. The first-order chi connectivity index (χ1) is 15.4. The fourth-order valence-corrected chi connectivity index (χ4v) is 4.37. The molecule has 8 nitrogen and oxygen atoms in total. The van der Waals surface area contributed by atoms with Crippen molar-refractivity contribution in [3.8, 4) is 5.75 Å². The van der Waals surface area contributed by atoms with Gasteiger partial charge in [-0.3, -0.25) is 19.7 Å².